The van der Waals surface area contributed by atoms with Crippen LogP contribution < -0.4 is 5.32 Å². The average Bonchev–Trinajstić information content (AvgIpc) is 2.49. The number of allylic oxidation sites excluding steroid dienone is 1. The maximum Gasteiger partial charge on any atom is 0.0744 e. The van der Waals surface area contributed by atoms with Crippen molar-refractivity contribution in [1.29, 1.82) is 0 Å². The highest BCUT2D eigenvalue weighted by atomic mass is 32.2. The quantitative estimate of drug-likeness (QED) is 0.361. The standard InChI is InChI=1S/C17H17NS2/c1-2-18-17(20-15-11-7-4-8-12-15)13-16(19)14-9-5-3-6-10-14/h3-13,18H,2H2,1H3/b17-13+. The van der Waals surface area contributed by atoms with E-state index in [1.807, 2.05) is 54.6 Å². The van der Waals surface area contributed by atoms with Crippen LogP contribution >= 0.6 is 24.0 Å². The Morgan fingerprint density at radius 2 is 1.65 bits per heavy atom. The van der Waals surface area contributed by atoms with E-state index in [0.717, 1.165) is 22.0 Å². The van der Waals surface area contributed by atoms with Gasteiger partial charge in [0.1, 0.15) is 0 Å². The lowest BCUT2D eigenvalue weighted by atomic mass is 10.1. The van der Waals surface area contributed by atoms with Crippen LogP contribution in [0.25, 0.3) is 0 Å². The number of thiocarbonyl (C=S) groups is 1. The van der Waals surface area contributed by atoms with Gasteiger partial charge in [0.2, 0.25) is 0 Å². The molecule has 1 N–H and O–H groups in total. The van der Waals surface area contributed by atoms with Crippen LogP contribution in [0.2, 0.25) is 0 Å². The van der Waals surface area contributed by atoms with E-state index in [2.05, 4.69) is 24.4 Å². The van der Waals surface area contributed by atoms with Crippen molar-refractivity contribution in [3.05, 3.63) is 77.3 Å². The van der Waals surface area contributed by atoms with Gasteiger partial charge in [-0.1, -0.05) is 72.5 Å². The first-order valence-electron chi connectivity index (χ1n) is 6.57. The van der Waals surface area contributed by atoms with Crippen molar-refractivity contribution in [3.8, 4) is 0 Å². The Labute approximate surface area is 130 Å². The van der Waals surface area contributed by atoms with E-state index >= 15 is 0 Å². The van der Waals surface area contributed by atoms with Gasteiger partial charge in [-0.2, -0.15) is 0 Å². The third kappa shape index (κ3) is 4.51. The van der Waals surface area contributed by atoms with E-state index in [-0.39, 0.29) is 0 Å². The molecule has 0 bridgehead atoms. The second-order valence-electron chi connectivity index (χ2n) is 4.18. The molecular weight excluding hydrogens is 282 g/mol. The van der Waals surface area contributed by atoms with E-state index in [0.29, 0.717) is 0 Å². The normalized spacial score (nSPS) is 11.2. The van der Waals surface area contributed by atoms with Gasteiger partial charge < -0.3 is 5.32 Å². The van der Waals surface area contributed by atoms with Crippen molar-refractivity contribution in [2.75, 3.05) is 6.54 Å². The molecule has 0 amide bonds. The summed E-state index contributed by atoms with van der Waals surface area (Å²) in [5.41, 5.74) is 1.08. The third-order valence-electron chi connectivity index (χ3n) is 2.64. The maximum absolute atomic E-state index is 5.50. The minimum Gasteiger partial charge on any atom is -0.380 e. The molecule has 0 atom stereocenters. The molecule has 0 aliphatic carbocycles. The number of nitrogens with one attached hydrogen (secondary N) is 1. The highest BCUT2D eigenvalue weighted by Gasteiger charge is 2.03. The molecule has 2 rings (SSSR count). The van der Waals surface area contributed by atoms with Gasteiger partial charge in [-0.3, -0.25) is 0 Å². The Hall–Kier alpha value is -1.58. The lowest BCUT2D eigenvalue weighted by Gasteiger charge is -2.09. The molecule has 1 nitrogen and oxygen atoms in total. The molecule has 0 spiro atoms. The van der Waals surface area contributed by atoms with Crippen LogP contribution in [0.3, 0.4) is 0 Å². The SMILES string of the molecule is CCN/C(=C\C(=S)c1ccccc1)Sc1ccccc1. The van der Waals surface area contributed by atoms with Crippen LogP contribution in [0.4, 0.5) is 0 Å². The molecule has 0 unspecified atom stereocenters. The van der Waals surface area contributed by atoms with Gasteiger partial charge in [0.25, 0.3) is 0 Å². The number of hydrogen-bond donors (Lipinski definition) is 1. The van der Waals surface area contributed by atoms with Crippen LogP contribution in [-0.4, -0.2) is 11.4 Å². The van der Waals surface area contributed by atoms with Gasteiger partial charge >= 0.3 is 0 Å². The zero-order chi connectivity index (χ0) is 14.2. The second-order valence-corrected chi connectivity index (χ2v) is 5.74. The third-order valence-corrected chi connectivity index (χ3v) is 3.99. The lowest BCUT2D eigenvalue weighted by molar-refractivity contribution is 0.905. The monoisotopic (exact) mass is 299 g/mol. The van der Waals surface area contributed by atoms with E-state index < -0.39 is 0 Å². The van der Waals surface area contributed by atoms with Crippen LogP contribution in [0.15, 0.2) is 76.7 Å². The average molecular weight is 299 g/mol. The first-order chi connectivity index (χ1) is 9.79. The van der Waals surface area contributed by atoms with Crippen LogP contribution in [0, 0.1) is 0 Å². The van der Waals surface area contributed by atoms with Crippen molar-refractivity contribution in [1.82, 2.24) is 5.32 Å². The molecule has 102 valence electrons. The molecule has 0 radical (unpaired) electrons. The van der Waals surface area contributed by atoms with Gasteiger partial charge in [-0.25, -0.2) is 0 Å². The summed E-state index contributed by atoms with van der Waals surface area (Å²) in [5.74, 6) is 0. The zero-order valence-corrected chi connectivity index (χ0v) is 13.0. The van der Waals surface area contributed by atoms with Gasteiger partial charge in [-0.15, -0.1) is 0 Å². The van der Waals surface area contributed by atoms with E-state index in [1.165, 1.54) is 4.90 Å². The summed E-state index contributed by atoms with van der Waals surface area (Å²) in [6, 6.07) is 20.4. The fourth-order valence-corrected chi connectivity index (χ4v) is 2.98. The minimum atomic E-state index is 0.852. The van der Waals surface area contributed by atoms with E-state index in [9.17, 15) is 0 Å². The zero-order valence-electron chi connectivity index (χ0n) is 11.4. The van der Waals surface area contributed by atoms with Crippen molar-refractivity contribution in [3.63, 3.8) is 0 Å². The Bertz CT molecular complexity index is 576. The van der Waals surface area contributed by atoms with E-state index in [4.69, 9.17) is 12.2 Å². The fourth-order valence-electron chi connectivity index (χ4n) is 1.71. The minimum absolute atomic E-state index is 0.852. The molecular formula is C17H17NS2. The first-order valence-corrected chi connectivity index (χ1v) is 7.80. The van der Waals surface area contributed by atoms with Crippen LogP contribution in [0.1, 0.15) is 12.5 Å². The largest absolute Gasteiger partial charge is 0.380 e. The van der Waals surface area contributed by atoms with Gasteiger partial charge in [0.15, 0.2) is 0 Å². The lowest BCUT2D eigenvalue weighted by Crippen LogP contribution is -2.11. The summed E-state index contributed by atoms with van der Waals surface area (Å²) in [5, 5.41) is 4.44. The Balaban J connectivity index is 2.15. The molecule has 0 aliphatic rings. The number of benzene rings is 2. The van der Waals surface area contributed by atoms with Crippen molar-refractivity contribution < 1.29 is 0 Å². The number of thioether (sulfide) groups is 1. The molecule has 0 aliphatic heterocycles. The number of hydrogen-bond acceptors (Lipinski definition) is 3. The number of rotatable bonds is 6. The molecule has 0 aromatic heterocycles. The summed E-state index contributed by atoms with van der Waals surface area (Å²) < 4.78 is 0. The van der Waals surface area contributed by atoms with Crippen LogP contribution in [-0.2, 0) is 0 Å². The van der Waals surface area contributed by atoms with Crippen molar-refractivity contribution in [2.45, 2.75) is 11.8 Å². The predicted octanol–water partition coefficient (Wildman–Crippen LogP) is 4.65. The maximum atomic E-state index is 5.50. The van der Waals surface area contributed by atoms with Crippen molar-refractivity contribution >= 4 is 28.8 Å². The van der Waals surface area contributed by atoms with E-state index in [1.54, 1.807) is 11.8 Å². The van der Waals surface area contributed by atoms with Crippen molar-refractivity contribution in [2.24, 2.45) is 0 Å². The Morgan fingerprint density at radius 3 is 2.25 bits per heavy atom. The molecule has 2 aromatic carbocycles. The summed E-state index contributed by atoms with van der Waals surface area (Å²) in [6.07, 6.45) is 2.03. The summed E-state index contributed by atoms with van der Waals surface area (Å²) >= 11 is 7.20. The molecule has 20 heavy (non-hydrogen) atoms. The predicted molar refractivity (Wildman–Crippen MR) is 92.2 cm³/mol. The molecule has 0 saturated heterocycles. The second kappa shape index (κ2) is 7.88. The van der Waals surface area contributed by atoms with Crippen LogP contribution in [0.5, 0.6) is 0 Å². The Kier molecular flexibility index (Phi) is 5.84. The highest BCUT2D eigenvalue weighted by molar-refractivity contribution is 8.03. The molecule has 0 saturated carbocycles. The fraction of sp³-hybridized carbons (Fsp3) is 0.118. The topological polar surface area (TPSA) is 12.0 Å². The summed E-state index contributed by atoms with van der Waals surface area (Å²) in [7, 11) is 0. The summed E-state index contributed by atoms with van der Waals surface area (Å²) in [4.78, 5) is 2.06. The Morgan fingerprint density at radius 1 is 1.05 bits per heavy atom. The molecule has 0 fully saturated rings. The highest BCUT2D eigenvalue weighted by Crippen LogP contribution is 2.24. The first kappa shape index (κ1) is 14.8. The molecule has 3 heteroatoms. The van der Waals surface area contributed by atoms with Gasteiger partial charge in [0, 0.05) is 16.3 Å². The molecule has 2 aromatic rings. The summed E-state index contributed by atoms with van der Waals surface area (Å²) in [6.45, 7) is 2.97. The molecule has 0 heterocycles. The van der Waals surface area contributed by atoms with Gasteiger partial charge in [-0.05, 0) is 30.7 Å². The van der Waals surface area contributed by atoms with Gasteiger partial charge in [0.05, 0.1) is 5.03 Å². The smallest absolute Gasteiger partial charge is 0.0744 e.